The average molecular weight is 163 g/mol. The zero-order chi connectivity index (χ0) is 8.97. The average Bonchev–Trinajstić information content (AvgIpc) is 2.04. The van der Waals surface area contributed by atoms with Crippen LogP contribution in [-0.2, 0) is 11.3 Å². The molecule has 0 heterocycles. The van der Waals surface area contributed by atoms with E-state index in [1.807, 2.05) is 6.07 Å². The summed E-state index contributed by atoms with van der Waals surface area (Å²) in [7, 11) is 0. The lowest BCUT2D eigenvalue weighted by Gasteiger charge is -2.06. The smallest absolute Gasteiger partial charge is 0.221 e. The number of amides is 1. The SMILES string of the molecule is CC(=O)Nc1c[c]ccc1CN. The fourth-order valence-corrected chi connectivity index (χ4v) is 0.947. The quantitative estimate of drug-likeness (QED) is 0.680. The molecule has 0 aliphatic rings. The normalized spacial score (nSPS) is 9.50. The van der Waals surface area contributed by atoms with Crippen LogP contribution in [0.25, 0.3) is 0 Å². The Balaban J connectivity index is 2.89. The molecule has 0 bridgehead atoms. The van der Waals surface area contributed by atoms with Crippen LogP contribution in [0.1, 0.15) is 12.5 Å². The molecule has 1 aromatic rings. The van der Waals surface area contributed by atoms with Gasteiger partial charge in [-0.2, -0.15) is 0 Å². The first kappa shape index (κ1) is 8.74. The zero-order valence-electron chi connectivity index (χ0n) is 6.92. The number of anilines is 1. The van der Waals surface area contributed by atoms with Crippen molar-refractivity contribution in [3.05, 3.63) is 29.8 Å². The lowest BCUT2D eigenvalue weighted by Crippen LogP contribution is -2.09. The summed E-state index contributed by atoms with van der Waals surface area (Å²) in [5.41, 5.74) is 7.12. The molecule has 3 N–H and O–H groups in total. The highest BCUT2D eigenvalue weighted by atomic mass is 16.1. The second kappa shape index (κ2) is 3.88. The third kappa shape index (κ3) is 2.07. The molecule has 1 rings (SSSR count). The summed E-state index contributed by atoms with van der Waals surface area (Å²) < 4.78 is 0. The summed E-state index contributed by atoms with van der Waals surface area (Å²) >= 11 is 0. The molecule has 0 aromatic heterocycles. The Bertz CT molecular complexity index is 284. The monoisotopic (exact) mass is 163 g/mol. The molecule has 0 aliphatic heterocycles. The number of benzene rings is 1. The van der Waals surface area contributed by atoms with Crippen molar-refractivity contribution >= 4 is 11.6 Å². The maximum Gasteiger partial charge on any atom is 0.221 e. The van der Waals surface area contributed by atoms with E-state index in [1.54, 1.807) is 12.1 Å². The Morgan fingerprint density at radius 1 is 1.75 bits per heavy atom. The highest BCUT2D eigenvalue weighted by Gasteiger charge is 1.99. The summed E-state index contributed by atoms with van der Waals surface area (Å²) in [5, 5.41) is 2.67. The van der Waals surface area contributed by atoms with E-state index in [2.05, 4.69) is 11.4 Å². The maximum atomic E-state index is 10.7. The van der Waals surface area contributed by atoms with Gasteiger partial charge in [-0.05, 0) is 17.7 Å². The highest BCUT2D eigenvalue weighted by Crippen LogP contribution is 2.12. The van der Waals surface area contributed by atoms with E-state index >= 15 is 0 Å². The third-order valence-corrected chi connectivity index (χ3v) is 1.48. The van der Waals surface area contributed by atoms with Crippen LogP contribution in [0.5, 0.6) is 0 Å². The van der Waals surface area contributed by atoms with Crippen LogP contribution in [0.15, 0.2) is 18.2 Å². The minimum atomic E-state index is -0.0932. The number of nitrogens with two attached hydrogens (primary N) is 1. The second-order valence-electron chi connectivity index (χ2n) is 2.47. The third-order valence-electron chi connectivity index (χ3n) is 1.48. The van der Waals surface area contributed by atoms with Crippen LogP contribution in [0.3, 0.4) is 0 Å². The van der Waals surface area contributed by atoms with Crippen molar-refractivity contribution in [1.82, 2.24) is 0 Å². The number of hydrogen-bond acceptors (Lipinski definition) is 2. The number of carbonyl (C=O) groups is 1. The Morgan fingerprint density at radius 3 is 3.08 bits per heavy atom. The first-order valence-electron chi connectivity index (χ1n) is 3.70. The topological polar surface area (TPSA) is 55.1 Å². The van der Waals surface area contributed by atoms with Gasteiger partial charge in [0.2, 0.25) is 5.91 Å². The maximum absolute atomic E-state index is 10.7. The molecule has 3 heteroatoms. The van der Waals surface area contributed by atoms with Crippen LogP contribution < -0.4 is 11.1 Å². The molecule has 0 unspecified atom stereocenters. The zero-order valence-corrected chi connectivity index (χ0v) is 6.92. The minimum absolute atomic E-state index is 0.0932. The molecule has 0 atom stereocenters. The fourth-order valence-electron chi connectivity index (χ4n) is 0.947. The van der Waals surface area contributed by atoms with Gasteiger partial charge in [-0.3, -0.25) is 4.79 Å². The molecule has 12 heavy (non-hydrogen) atoms. The summed E-state index contributed by atoms with van der Waals surface area (Å²) in [6, 6.07) is 8.19. The lowest BCUT2D eigenvalue weighted by atomic mass is 10.2. The predicted octanol–water partition coefficient (Wildman–Crippen LogP) is 0.904. The molecule has 63 valence electrons. The van der Waals surface area contributed by atoms with Gasteiger partial charge in [0, 0.05) is 19.2 Å². The molecule has 0 aliphatic carbocycles. The summed E-state index contributed by atoms with van der Waals surface area (Å²) in [6.45, 7) is 1.89. The molecular weight excluding hydrogens is 152 g/mol. The Hall–Kier alpha value is -1.35. The number of hydrogen-bond donors (Lipinski definition) is 2. The van der Waals surface area contributed by atoms with E-state index in [9.17, 15) is 4.79 Å². The molecule has 1 aromatic carbocycles. The van der Waals surface area contributed by atoms with Crippen molar-refractivity contribution < 1.29 is 4.79 Å². The van der Waals surface area contributed by atoms with Crippen molar-refractivity contribution in [2.45, 2.75) is 13.5 Å². The molecular formula is C9H11N2O. The number of rotatable bonds is 2. The van der Waals surface area contributed by atoms with Gasteiger partial charge in [-0.15, -0.1) is 0 Å². The second-order valence-corrected chi connectivity index (χ2v) is 2.47. The van der Waals surface area contributed by atoms with E-state index in [0.29, 0.717) is 6.54 Å². The Morgan fingerprint density at radius 2 is 2.50 bits per heavy atom. The first-order valence-corrected chi connectivity index (χ1v) is 3.70. The molecule has 1 radical (unpaired) electrons. The first-order chi connectivity index (χ1) is 5.74. The number of nitrogens with one attached hydrogen (secondary N) is 1. The van der Waals surface area contributed by atoms with Gasteiger partial charge >= 0.3 is 0 Å². The van der Waals surface area contributed by atoms with Gasteiger partial charge in [-0.1, -0.05) is 12.1 Å². The molecule has 0 fully saturated rings. The largest absolute Gasteiger partial charge is 0.326 e. The van der Waals surface area contributed by atoms with E-state index in [-0.39, 0.29) is 5.91 Å². The van der Waals surface area contributed by atoms with E-state index < -0.39 is 0 Å². The standard InChI is InChI=1S/C9H11N2O/c1-7(12)11-9-5-3-2-4-8(9)6-10/h2,4-5H,6,10H2,1H3,(H,11,12). The van der Waals surface area contributed by atoms with Crippen molar-refractivity contribution in [2.75, 3.05) is 5.32 Å². The minimum Gasteiger partial charge on any atom is -0.326 e. The Labute approximate surface area is 71.6 Å². The molecule has 0 saturated carbocycles. The van der Waals surface area contributed by atoms with Crippen molar-refractivity contribution in [3.63, 3.8) is 0 Å². The predicted molar refractivity (Wildman–Crippen MR) is 47.5 cm³/mol. The van der Waals surface area contributed by atoms with Crippen molar-refractivity contribution in [2.24, 2.45) is 5.73 Å². The van der Waals surface area contributed by atoms with E-state index in [1.165, 1.54) is 6.92 Å². The van der Waals surface area contributed by atoms with E-state index in [4.69, 9.17) is 5.73 Å². The van der Waals surface area contributed by atoms with Crippen LogP contribution in [-0.4, -0.2) is 5.91 Å². The van der Waals surface area contributed by atoms with Gasteiger partial charge in [0.25, 0.3) is 0 Å². The molecule has 3 nitrogen and oxygen atoms in total. The lowest BCUT2D eigenvalue weighted by molar-refractivity contribution is -0.114. The van der Waals surface area contributed by atoms with Crippen LogP contribution in [0.4, 0.5) is 5.69 Å². The van der Waals surface area contributed by atoms with Gasteiger partial charge in [-0.25, -0.2) is 0 Å². The highest BCUT2D eigenvalue weighted by molar-refractivity contribution is 5.89. The van der Waals surface area contributed by atoms with E-state index in [0.717, 1.165) is 11.3 Å². The van der Waals surface area contributed by atoms with Gasteiger partial charge in [0.1, 0.15) is 0 Å². The summed E-state index contributed by atoms with van der Waals surface area (Å²) in [5.74, 6) is -0.0932. The van der Waals surface area contributed by atoms with Crippen LogP contribution in [0, 0.1) is 6.07 Å². The van der Waals surface area contributed by atoms with Crippen LogP contribution in [0.2, 0.25) is 0 Å². The van der Waals surface area contributed by atoms with Gasteiger partial charge in [0.15, 0.2) is 0 Å². The number of carbonyl (C=O) groups excluding carboxylic acids is 1. The van der Waals surface area contributed by atoms with Crippen LogP contribution >= 0.6 is 0 Å². The summed E-state index contributed by atoms with van der Waals surface area (Å²) in [4.78, 5) is 10.7. The molecule has 0 saturated heterocycles. The molecule has 1 amide bonds. The summed E-state index contributed by atoms with van der Waals surface area (Å²) in [6.07, 6.45) is 0. The van der Waals surface area contributed by atoms with Crippen molar-refractivity contribution in [1.29, 1.82) is 0 Å². The van der Waals surface area contributed by atoms with Gasteiger partial charge < -0.3 is 11.1 Å². The van der Waals surface area contributed by atoms with Gasteiger partial charge in [0.05, 0.1) is 0 Å². The fraction of sp³-hybridized carbons (Fsp3) is 0.222. The van der Waals surface area contributed by atoms with Crippen molar-refractivity contribution in [3.8, 4) is 0 Å². The molecule has 0 spiro atoms. The Kier molecular flexibility index (Phi) is 2.82.